The normalized spacial score (nSPS) is 25.6. The number of hydrogen-bond acceptors (Lipinski definition) is 3. The summed E-state index contributed by atoms with van der Waals surface area (Å²) in [5.74, 6) is 0.353. The van der Waals surface area contributed by atoms with Crippen LogP contribution in [-0.4, -0.2) is 29.4 Å². The molecular weight excluding hydrogens is 230 g/mol. The quantitative estimate of drug-likeness (QED) is 0.800. The van der Waals surface area contributed by atoms with Crippen molar-refractivity contribution in [2.24, 2.45) is 5.92 Å². The van der Waals surface area contributed by atoms with E-state index in [0.717, 1.165) is 12.0 Å². The molecule has 2 fully saturated rings. The molecule has 1 saturated carbocycles. The van der Waals surface area contributed by atoms with Gasteiger partial charge in [0.05, 0.1) is 0 Å². The molecule has 4 nitrogen and oxygen atoms in total. The number of likely N-dealkylation sites (tertiary alicyclic amines) is 1. The smallest absolute Gasteiger partial charge is 0.410 e. The summed E-state index contributed by atoms with van der Waals surface area (Å²) in [6, 6.07) is 9.68. The zero-order valence-corrected chi connectivity index (χ0v) is 10.0. The first-order valence-corrected chi connectivity index (χ1v) is 6.24. The van der Waals surface area contributed by atoms with Gasteiger partial charge in [0, 0.05) is 24.9 Å². The summed E-state index contributed by atoms with van der Waals surface area (Å²) in [4.78, 5) is 25.0. The Morgan fingerprint density at radius 2 is 2.11 bits per heavy atom. The van der Waals surface area contributed by atoms with Crippen molar-refractivity contribution in [3.63, 3.8) is 0 Å². The number of fused-ring (bicyclic) bond motifs is 2. The van der Waals surface area contributed by atoms with E-state index in [0.29, 0.717) is 25.4 Å². The fraction of sp³-hybridized carbons (Fsp3) is 0.429. The molecule has 94 valence electrons. The molecule has 2 aliphatic rings. The van der Waals surface area contributed by atoms with Crippen molar-refractivity contribution in [3.8, 4) is 0 Å². The molecule has 1 aliphatic carbocycles. The van der Waals surface area contributed by atoms with E-state index in [1.807, 2.05) is 30.3 Å². The lowest BCUT2D eigenvalue weighted by molar-refractivity contribution is -0.122. The molecule has 3 rings (SSSR count). The Bertz CT molecular complexity index is 471. The van der Waals surface area contributed by atoms with E-state index < -0.39 is 0 Å². The molecule has 1 aromatic rings. The third-order valence-corrected chi connectivity index (χ3v) is 3.75. The van der Waals surface area contributed by atoms with Crippen molar-refractivity contribution in [1.82, 2.24) is 4.90 Å². The zero-order chi connectivity index (χ0) is 12.5. The van der Waals surface area contributed by atoms with Crippen molar-refractivity contribution in [2.45, 2.75) is 25.5 Å². The molecule has 4 heteroatoms. The van der Waals surface area contributed by atoms with E-state index in [-0.39, 0.29) is 18.1 Å². The SMILES string of the molecule is O=C1C[C@H]2C[C@H]1CN2C(=O)OCc1ccccc1. The lowest BCUT2D eigenvalue weighted by atomic mass is 10.1. The topological polar surface area (TPSA) is 46.6 Å². The minimum atomic E-state index is -0.293. The summed E-state index contributed by atoms with van der Waals surface area (Å²) in [7, 11) is 0. The van der Waals surface area contributed by atoms with Gasteiger partial charge in [-0.2, -0.15) is 0 Å². The third-order valence-electron chi connectivity index (χ3n) is 3.75. The Balaban J connectivity index is 1.56. The number of ketones is 1. The number of ether oxygens (including phenoxy) is 1. The number of benzene rings is 1. The molecule has 1 amide bonds. The molecule has 2 bridgehead atoms. The number of amides is 1. The third kappa shape index (κ3) is 1.98. The predicted octanol–water partition coefficient (Wildman–Crippen LogP) is 1.99. The van der Waals surface area contributed by atoms with Crippen LogP contribution < -0.4 is 0 Å². The van der Waals surface area contributed by atoms with E-state index in [1.165, 1.54) is 0 Å². The van der Waals surface area contributed by atoms with E-state index >= 15 is 0 Å². The summed E-state index contributed by atoms with van der Waals surface area (Å²) >= 11 is 0. The Morgan fingerprint density at radius 3 is 2.72 bits per heavy atom. The van der Waals surface area contributed by atoms with E-state index in [9.17, 15) is 9.59 Å². The number of hydrogen-bond donors (Lipinski definition) is 0. The van der Waals surface area contributed by atoms with Crippen LogP contribution in [0.3, 0.4) is 0 Å². The van der Waals surface area contributed by atoms with Crippen molar-refractivity contribution >= 4 is 11.9 Å². The predicted molar refractivity (Wildman–Crippen MR) is 64.9 cm³/mol. The molecule has 18 heavy (non-hydrogen) atoms. The second kappa shape index (κ2) is 4.44. The highest BCUT2D eigenvalue weighted by Gasteiger charge is 2.46. The summed E-state index contributed by atoms with van der Waals surface area (Å²) in [5.41, 5.74) is 0.978. The largest absolute Gasteiger partial charge is 0.445 e. The number of piperidine rings is 1. The molecular formula is C14H15NO3. The summed E-state index contributed by atoms with van der Waals surface area (Å²) in [6.45, 7) is 0.832. The first kappa shape index (κ1) is 11.3. The highest BCUT2D eigenvalue weighted by atomic mass is 16.6. The van der Waals surface area contributed by atoms with E-state index in [4.69, 9.17) is 4.74 Å². The Labute approximate surface area is 106 Å². The fourth-order valence-corrected chi connectivity index (χ4v) is 2.77. The maximum atomic E-state index is 11.9. The van der Waals surface area contributed by atoms with Gasteiger partial charge < -0.3 is 9.64 Å². The monoisotopic (exact) mass is 245 g/mol. The van der Waals surface area contributed by atoms with Crippen LogP contribution in [0.4, 0.5) is 4.79 Å². The Morgan fingerprint density at radius 1 is 1.33 bits per heavy atom. The van der Waals surface area contributed by atoms with Gasteiger partial charge in [-0.05, 0) is 12.0 Å². The summed E-state index contributed by atoms with van der Waals surface area (Å²) < 4.78 is 5.28. The molecule has 0 aromatic heterocycles. The highest BCUT2D eigenvalue weighted by molar-refractivity contribution is 5.87. The second-order valence-corrected chi connectivity index (χ2v) is 4.95. The van der Waals surface area contributed by atoms with Crippen LogP contribution in [0.2, 0.25) is 0 Å². The molecule has 0 N–H and O–H groups in total. The average Bonchev–Trinajstić information content (AvgIpc) is 2.96. The number of nitrogens with zero attached hydrogens (tertiary/aromatic N) is 1. The number of carbonyl (C=O) groups is 2. The van der Waals surface area contributed by atoms with Gasteiger partial charge >= 0.3 is 6.09 Å². The van der Waals surface area contributed by atoms with Crippen LogP contribution in [0.15, 0.2) is 30.3 Å². The molecule has 1 aliphatic heterocycles. The first-order valence-electron chi connectivity index (χ1n) is 6.24. The fourth-order valence-electron chi connectivity index (χ4n) is 2.77. The second-order valence-electron chi connectivity index (χ2n) is 4.95. The molecule has 2 atom stereocenters. The number of carbonyl (C=O) groups excluding carboxylic acids is 2. The van der Waals surface area contributed by atoms with Crippen LogP contribution >= 0.6 is 0 Å². The van der Waals surface area contributed by atoms with Crippen molar-refractivity contribution < 1.29 is 14.3 Å². The molecule has 1 saturated heterocycles. The van der Waals surface area contributed by atoms with Crippen LogP contribution in [0.1, 0.15) is 18.4 Å². The summed E-state index contributed by atoms with van der Waals surface area (Å²) in [6.07, 6.45) is 1.03. The van der Waals surface area contributed by atoms with Gasteiger partial charge in [0.25, 0.3) is 0 Å². The van der Waals surface area contributed by atoms with Gasteiger partial charge in [-0.25, -0.2) is 4.79 Å². The molecule has 0 spiro atoms. The molecule has 0 unspecified atom stereocenters. The van der Waals surface area contributed by atoms with Gasteiger partial charge in [-0.3, -0.25) is 4.79 Å². The van der Waals surface area contributed by atoms with Gasteiger partial charge in [0.1, 0.15) is 12.4 Å². The van der Waals surface area contributed by atoms with Crippen molar-refractivity contribution in [3.05, 3.63) is 35.9 Å². The van der Waals surface area contributed by atoms with Crippen molar-refractivity contribution in [2.75, 3.05) is 6.54 Å². The van der Waals surface area contributed by atoms with Gasteiger partial charge in [-0.1, -0.05) is 30.3 Å². The highest BCUT2D eigenvalue weighted by Crippen LogP contribution is 2.35. The number of Topliss-reactive ketones (excluding diaryl/α,β-unsaturated/α-hetero) is 1. The zero-order valence-electron chi connectivity index (χ0n) is 10.0. The lowest BCUT2D eigenvalue weighted by Gasteiger charge is -2.25. The molecule has 1 aromatic carbocycles. The Hall–Kier alpha value is -1.84. The minimum Gasteiger partial charge on any atom is -0.445 e. The van der Waals surface area contributed by atoms with Gasteiger partial charge in [0.2, 0.25) is 0 Å². The lowest BCUT2D eigenvalue weighted by Crippen LogP contribution is -2.40. The van der Waals surface area contributed by atoms with Crippen LogP contribution in [0.25, 0.3) is 0 Å². The van der Waals surface area contributed by atoms with Crippen LogP contribution in [-0.2, 0) is 16.1 Å². The van der Waals surface area contributed by atoms with Crippen LogP contribution in [0, 0.1) is 5.92 Å². The average molecular weight is 245 g/mol. The van der Waals surface area contributed by atoms with Crippen LogP contribution in [0.5, 0.6) is 0 Å². The minimum absolute atomic E-state index is 0.0549. The standard InChI is InChI=1S/C14H15NO3/c16-13-7-12-6-11(13)8-15(12)14(17)18-9-10-4-2-1-3-5-10/h1-5,11-12H,6-9H2/t11-,12+/m0/s1. The van der Waals surface area contributed by atoms with Crippen molar-refractivity contribution in [1.29, 1.82) is 0 Å². The van der Waals surface area contributed by atoms with E-state index in [1.54, 1.807) is 4.90 Å². The summed E-state index contributed by atoms with van der Waals surface area (Å²) in [5, 5.41) is 0. The maximum Gasteiger partial charge on any atom is 0.410 e. The van der Waals surface area contributed by atoms with Gasteiger partial charge in [-0.15, -0.1) is 0 Å². The molecule has 1 heterocycles. The van der Waals surface area contributed by atoms with E-state index in [2.05, 4.69) is 0 Å². The number of rotatable bonds is 2. The van der Waals surface area contributed by atoms with Gasteiger partial charge in [0.15, 0.2) is 0 Å². The Kier molecular flexibility index (Phi) is 2.78. The first-order chi connectivity index (χ1) is 8.74. The maximum absolute atomic E-state index is 11.9. The molecule has 0 radical (unpaired) electrons.